The van der Waals surface area contributed by atoms with E-state index in [1.165, 1.54) is 23.5 Å². The van der Waals surface area contributed by atoms with Crippen molar-refractivity contribution in [3.05, 3.63) is 40.7 Å². The molecule has 6 heteroatoms. The summed E-state index contributed by atoms with van der Waals surface area (Å²) in [6.45, 7) is 5.86. The Morgan fingerprint density at radius 2 is 2.00 bits per heavy atom. The molecule has 0 unspecified atom stereocenters. The molecule has 0 saturated carbocycles. The molecule has 2 aromatic rings. The van der Waals surface area contributed by atoms with Crippen molar-refractivity contribution in [2.75, 3.05) is 6.54 Å². The number of carbonyl (C=O) groups is 1. The standard InChI is InChI=1S/C15H18FN3OS/c1-9-12(13(20)18-8-15(2,3)17)21-14(19-9)10-4-6-11(16)7-5-10/h4-7H,8,17H2,1-3H3,(H,18,20). The van der Waals surface area contributed by atoms with Gasteiger partial charge in [0.1, 0.15) is 15.7 Å². The Balaban J connectivity index is 2.19. The van der Waals surface area contributed by atoms with Gasteiger partial charge in [0.2, 0.25) is 0 Å². The van der Waals surface area contributed by atoms with Gasteiger partial charge in [0.05, 0.1) is 5.69 Å². The van der Waals surface area contributed by atoms with E-state index in [9.17, 15) is 9.18 Å². The molecule has 0 atom stereocenters. The number of amides is 1. The van der Waals surface area contributed by atoms with Gasteiger partial charge in [-0.15, -0.1) is 11.3 Å². The highest BCUT2D eigenvalue weighted by atomic mass is 32.1. The molecule has 2 rings (SSSR count). The first-order chi connectivity index (χ1) is 9.76. The molecule has 21 heavy (non-hydrogen) atoms. The summed E-state index contributed by atoms with van der Waals surface area (Å²) in [5.74, 6) is -0.480. The molecule has 0 aliphatic carbocycles. The highest BCUT2D eigenvalue weighted by molar-refractivity contribution is 7.17. The summed E-state index contributed by atoms with van der Waals surface area (Å²) in [6.07, 6.45) is 0. The first kappa shape index (κ1) is 15.6. The van der Waals surface area contributed by atoms with Gasteiger partial charge in [-0.25, -0.2) is 9.37 Å². The van der Waals surface area contributed by atoms with Gasteiger partial charge >= 0.3 is 0 Å². The van der Waals surface area contributed by atoms with Gasteiger partial charge in [-0.05, 0) is 45.0 Å². The van der Waals surface area contributed by atoms with Gasteiger partial charge in [-0.1, -0.05) is 0 Å². The summed E-state index contributed by atoms with van der Waals surface area (Å²) < 4.78 is 12.9. The summed E-state index contributed by atoms with van der Waals surface area (Å²) in [5.41, 5.74) is 6.84. The average Bonchev–Trinajstić information content (AvgIpc) is 2.78. The molecule has 4 nitrogen and oxygen atoms in total. The van der Waals surface area contributed by atoms with E-state index in [-0.39, 0.29) is 11.7 Å². The summed E-state index contributed by atoms with van der Waals surface area (Å²) >= 11 is 1.29. The lowest BCUT2D eigenvalue weighted by Gasteiger charge is -2.18. The van der Waals surface area contributed by atoms with E-state index < -0.39 is 5.54 Å². The SMILES string of the molecule is Cc1nc(-c2ccc(F)cc2)sc1C(=O)NCC(C)(C)N. The van der Waals surface area contributed by atoms with Crippen LogP contribution in [0.5, 0.6) is 0 Å². The van der Waals surface area contributed by atoms with Crippen LogP contribution in [-0.2, 0) is 0 Å². The zero-order chi connectivity index (χ0) is 15.6. The maximum Gasteiger partial charge on any atom is 0.263 e. The van der Waals surface area contributed by atoms with Gasteiger partial charge in [0, 0.05) is 17.6 Å². The topological polar surface area (TPSA) is 68.0 Å². The number of nitrogens with zero attached hydrogens (tertiary/aromatic N) is 1. The molecule has 0 radical (unpaired) electrons. The predicted octanol–water partition coefficient (Wildman–Crippen LogP) is 2.72. The van der Waals surface area contributed by atoms with Crippen LogP contribution in [-0.4, -0.2) is 23.0 Å². The normalized spacial score (nSPS) is 11.5. The van der Waals surface area contributed by atoms with Crippen molar-refractivity contribution in [3.8, 4) is 10.6 Å². The van der Waals surface area contributed by atoms with E-state index >= 15 is 0 Å². The summed E-state index contributed by atoms with van der Waals surface area (Å²) in [6, 6.07) is 6.06. The van der Waals surface area contributed by atoms with Crippen LogP contribution in [0.4, 0.5) is 4.39 Å². The number of hydrogen-bond donors (Lipinski definition) is 2. The Kier molecular flexibility index (Phi) is 4.39. The molecule has 0 bridgehead atoms. The van der Waals surface area contributed by atoms with E-state index in [1.54, 1.807) is 19.1 Å². The fourth-order valence-corrected chi connectivity index (χ4v) is 2.70. The fraction of sp³-hybridized carbons (Fsp3) is 0.333. The van der Waals surface area contributed by atoms with Crippen LogP contribution in [0.25, 0.3) is 10.6 Å². The van der Waals surface area contributed by atoms with E-state index in [1.807, 2.05) is 13.8 Å². The lowest BCUT2D eigenvalue weighted by molar-refractivity contribution is 0.0949. The molecule has 1 amide bonds. The van der Waals surface area contributed by atoms with Crippen molar-refractivity contribution in [2.45, 2.75) is 26.3 Å². The molecule has 112 valence electrons. The maximum absolute atomic E-state index is 12.9. The zero-order valence-electron chi connectivity index (χ0n) is 12.2. The first-order valence-corrected chi connectivity index (χ1v) is 7.38. The van der Waals surface area contributed by atoms with Crippen LogP contribution < -0.4 is 11.1 Å². The fourth-order valence-electron chi connectivity index (χ4n) is 1.71. The minimum atomic E-state index is -0.464. The van der Waals surface area contributed by atoms with E-state index in [2.05, 4.69) is 10.3 Å². The molecule has 0 aliphatic rings. The number of halogens is 1. The molecule has 0 aliphatic heterocycles. The van der Waals surface area contributed by atoms with Crippen LogP contribution in [0.3, 0.4) is 0 Å². The second-order valence-corrected chi connectivity index (χ2v) is 6.61. The first-order valence-electron chi connectivity index (χ1n) is 6.57. The number of aryl methyl sites for hydroxylation is 1. The zero-order valence-corrected chi connectivity index (χ0v) is 13.1. The van der Waals surface area contributed by atoms with E-state index in [0.717, 1.165) is 5.56 Å². The van der Waals surface area contributed by atoms with E-state index in [0.29, 0.717) is 22.1 Å². The molecular formula is C15H18FN3OS. The number of hydrogen-bond acceptors (Lipinski definition) is 4. The molecule has 0 spiro atoms. The Morgan fingerprint density at radius 1 is 1.38 bits per heavy atom. The molecule has 0 saturated heterocycles. The molecule has 1 aromatic heterocycles. The highest BCUT2D eigenvalue weighted by Crippen LogP contribution is 2.28. The summed E-state index contributed by atoms with van der Waals surface area (Å²) in [7, 11) is 0. The van der Waals surface area contributed by atoms with Crippen molar-refractivity contribution in [3.63, 3.8) is 0 Å². The second kappa shape index (κ2) is 5.91. The number of nitrogens with one attached hydrogen (secondary N) is 1. The van der Waals surface area contributed by atoms with Crippen molar-refractivity contribution in [1.82, 2.24) is 10.3 Å². The van der Waals surface area contributed by atoms with Crippen LogP contribution >= 0.6 is 11.3 Å². The lowest BCUT2D eigenvalue weighted by atomic mass is 10.1. The van der Waals surface area contributed by atoms with Crippen molar-refractivity contribution < 1.29 is 9.18 Å². The third-order valence-corrected chi connectivity index (χ3v) is 4.00. The lowest BCUT2D eigenvalue weighted by Crippen LogP contribution is -2.45. The third-order valence-electron chi connectivity index (χ3n) is 2.80. The van der Waals surface area contributed by atoms with Gasteiger partial charge in [-0.3, -0.25) is 4.79 Å². The van der Waals surface area contributed by atoms with Gasteiger partial charge in [-0.2, -0.15) is 0 Å². The Labute approximate surface area is 127 Å². The van der Waals surface area contributed by atoms with Gasteiger partial charge in [0.15, 0.2) is 0 Å². The number of aromatic nitrogens is 1. The smallest absolute Gasteiger partial charge is 0.263 e. The third kappa shape index (κ3) is 4.09. The number of thiazole rings is 1. The molecule has 0 fully saturated rings. The van der Waals surface area contributed by atoms with Crippen LogP contribution in [0, 0.1) is 12.7 Å². The largest absolute Gasteiger partial charge is 0.349 e. The van der Waals surface area contributed by atoms with Crippen molar-refractivity contribution in [1.29, 1.82) is 0 Å². The molecular weight excluding hydrogens is 289 g/mol. The van der Waals surface area contributed by atoms with Crippen molar-refractivity contribution >= 4 is 17.2 Å². The monoisotopic (exact) mass is 307 g/mol. The average molecular weight is 307 g/mol. The summed E-state index contributed by atoms with van der Waals surface area (Å²) in [4.78, 5) is 17.1. The van der Waals surface area contributed by atoms with E-state index in [4.69, 9.17) is 5.73 Å². The Hall–Kier alpha value is -1.79. The molecule has 1 heterocycles. The highest BCUT2D eigenvalue weighted by Gasteiger charge is 2.18. The van der Waals surface area contributed by atoms with Gasteiger partial charge in [0.25, 0.3) is 5.91 Å². The van der Waals surface area contributed by atoms with Crippen LogP contribution in [0.1, 0.15) is 29.2 Å². The predicted molar refractivity (Wildman–Crippen MR) is 82.8 cm³/mol. The minimum absolute atomic E-state index is 0.183. The minimum Gasteiger partial charge on any atom is -0.349 e. The molecule has 3 N–H and O–H groups in total. The van der Waals surface area contributed by atoms with Crippen molar-refractivity contribution in [2.24, 2.45) is 5.73 Å². The van der Waals surface area contributed by atoms with Crippen LogP contribution in [0.2, 0.25) is 0 Å². The maximum atomic E-state index is 12.9. The van der Waals surface area contributed by atoms with Gasteiger partial charge < -0.3 is 11.1 Å². The summed E-state index contributed by atoms with van der Waals surface area (Å²) in [5, 5.41) is 3.50. The number of carbonyl (C=O) groups excluding carboxylic acids is 1. The number of nitrogens with two attached hydrogens (primary N) is 1. The second-order valence-electron chi connectivity index (χ2n) is 5.61. The number of rotatable bonds is 4. The molecule has 1 aromatic carbocycles. The van der Waals surface area contributed by atoms with Crippen LogP contribution in [0.15, 0.2) is 24.3 Å². The number of benzene rings is 1. The Morgan fingerprint density at radius 3 is 2.57 bits per heavy atom. The Bertz CT molecular complexity index is 644. The quantitative estimate of drug-likeness (QED) is 0.912.